The minimum absolute atomic E-state index is 0.374. The maximum Gasteiger partial charge on any atom is 0.414 e. The van der Waals surface area contributed by atoms with E-state index in [1.165, 1.54) is 0 Å². The minimum atomic E-state index is -4.55. The number of hydrogen-bond acceptors (Lipinski definition) is 1. The van der Waals surface area contributed by atoms with Gasteiger partial charge in [-0.1, -0.05) is 17.7 Å². The number of hydrogen-bond donors (Lipinski definition) is 1. The number of alkyl halides is 3. The Hall–Kier alpha value is -1.03. The first-order valence-corrected chi connectivity index (χ1v) is 5.03. The Balaban J connectivity index is 2.98. The summed E-state index contributed by atoms with van der Waals surface area (Å²) in [6.07, 6.45) is -7.21. The Labute approximate surface area is 92.9 Å². The molecule has 1 aromatic carbocycles. The third-order valence-electron chi connectivity index (χ3n) is 2.62. The molecule has 0 saturated heterocycles. The van der Waals surface area contributed by atoms with E-state index >= 15 is 0 Å². The molecule has 1 nitrogen and oxygen atoms in total. The van der Waals surface area contributed by atoms with E-state index in [0.29, 0.717) is 5.56 Å². The summed E-state index contributed by atoms with van der Waals surface area (Å²) >= 11 is 0. The summed E-state index contributed by atoms with van der Waals surface area (Å²) in [5, 5.41) is 9.03. The highest BCUT2D eigenvalue weighted by atomic mass is 19.4. The van der Waals surface area contributed by atoms with E-state index in [-0.39, 0.29) is 6.42 Å². The molecule has 0 radical (unpaired) electrons. The second-order valence-corrected chi connectivity index (χ2v) is 4.14. The molecule has 4 heteroatoms. The maximum atomic E-state index is 12.2. The van der Waals surface area contributed by atoms with Crippen LogP contribution in [0, 0.1) is 20.8 Å². The van der Waals surface area contributed by atoms with E-state index in [0.717, 1.165) is 16.7 Å². The summed E-state index contributed by atoms with van der Waals surface area (Å²) in [6, 6.07) is 3.65. The molecule has 1 N–H and O–H groups in total. The van der Waals surface area contributed by atoms with Gasteiger partial charge in [0.05, 0.1) is 0 Å². The molecule has 16 heavy (non-hydrogen) atoms. The van der Waals surface area contributed by atoms with Crippen LogP contribution in [0.3, 0.4) is 0 Å². The molecular formula is C12H15F3O. The fourth-order valence-corrected chi connectivity index (χ4v) is 1.84. The van der Waals surface area contributed by atoms with Gasteiger partial charge in [-0.25, -0.2) is 0 Å². The quantitative estimate of drug-likeness (QED) is 0.830. The first-order chi connectivity index (χ1) is 7.21. The Kier molecular flexibility index (Phi) is 3.63. The summed E-state index contributed by atoms with van der Waals surface area (Å²) in [7, 11) is 0. The average molecular weight is 232 g/mol. The van der Waals surface area contributed by atoms with Crippen LogP contribution in [0.2, 0.25) is 0 Å². The van der Waals surface area contributed by atoms with E-state index in [1.807, 2.05) is 19.1 Å². The zero-order chi connectivity index (χ0) is 12.5. The van der Waals surface area contributed by atoms with Crippen molar-refractivity contribution in [1.29, 1.82) is 0 Å². The Bertz CT molecular complexity index is 359. The highest BCUT2D eigenvalue weighted by Gasteiger charge is 2.38. The van der Waals surface area contributed by atoms with Crippen LogP contribution in [-0.2, 0) is 6.42 Å². The van der Waals surface area contributed by atoms with Crippen LogP contribution in [0.15, 0.2) is 12.1 Å². The van der Waals surface area contributed by atoms with Crippen molar-refractivity contribution in [2.75, 3.05) is 0 Å². The van der Waals surface area contributed by atoms with Crippen LogP contribution in [0.25, 0.3) is 0 Å². The Morgan fingerprint density at radius 2 is 1.56 bits per heavy atom. The van der Waals surface area contributed by atoms with Gasteiger partial charge in [-0.05, 0) is 37.5 Å². The Morgan fingerprint density at radius 1 is 1.12 bits per heavy atom. The van der Waals surface area contributed by atoms with Gasteiger partial charge in [-0.15, -0.1) is 0 Å². The topological polar surface area (TPSA) is 20.2 Å². The van der Waals surface area contributed by atoms with E-state index in [4.69, 9.17) is 5.11 Å². The van der Waals surface area contributed by atoms with E-state index in [9.17, 15) is 13.2 Å². The van der Waals surface area contributed by atoms with Crippen LogP contribution in [0.1, 0.15) is 22.3 Å². The van der Waals surface area contributed by atoms with E-state index in [1.54, 1.807) is 13.8 Å². The zero-order valence-electron chi connectivity index (χ0n) is 9.52. The van der Waals surface area contributed by atoms with Gasteiger partial charge >= 0.3 is 6.18 Å². The number of aryl methyl sites for hydroxylation is 3. The molecule has 0 fully saturated rings. The van der Waals surface area contributed by atoms with Crippen molar-refractivity contribution >= 4 is 0 Å². The van der Waals surface area contributed by atoms with Gasteiger partial charge in [0, 0.05) is 6.42 Å². The minimum Gasteiger partial charge on any atom is -0.383 e. The van der Waals surface area contributed by atoms with Crippen molar-refractivity contribution < 1.29 is 18.3 Å². The van der Waals surface area contributed by atoms with Gasteiger partial charge in [0.25, 0.3) is 0 Å². The lowest BCUT2D eigenvalue weighted by atomic mass is 9.95. The lowest BCUT2D eigenvalue weighted by Crippen LogP contribution is -2.31. The number of rotatable bonds is 2. The summed E-state index contributed by atoms with van der Waals surface area (Å²) < 4.78 is 36.7. The van der Waals surface area contributed by atoms with Gasteiger partial charge in [-0.2, -0.15) is 13.2 Å². The van der Waals surface area contributed by atoms with Crippen LogP contribution in [-0.4, -0.2) is 17.4 Å². The molecule has 0 spiro atoms. The molecule has 0 aliphatic rings. The number of halogens is 3. The molecule has 0 heterocycles. The van der Waals surface area contributed by atoms with Gasteiger partial charge < -0.3 is 5.11 Å². The van der Waals surface area contributed by atoms with Crippen LogP contribution in [0.4, 0.5) is 13.2 Å². The monoisotopic (exact) mass is 232 g/mol. The summed E-state index contributed by atoms with van der Waals surface area (Å²) in [5.41, 5.74) is 3.18. The lowest BCUT2D eigenvalue weighted by molar-refractivity contribution is -0.203. The Morgan fingerprint density at radius 3 is 1.94 bits per heavy atom. The number of benzene rings is 1. The zero-order valence-corrected chi connectivity index (χ0v) is 9.52. The third-order valence-corrected chi connectivity index (χ3v) is 2.62. The van der Waals surface area contributed by atoms with Gasteiger partial charge in [0.2, 0.25) is 0 Å². The van der Waals surface area contributed by atoms with Crippen LogP contribution < -0.4 is 0 Å². The molecule has 90 valence electrons. The molecule has 0 aromatic heterocycles. The molecule has 1 rings (SSSR count). The van der Waals surface area contributed by atoms with Crippen LogP contribution in [0.5, 0.6) is 0 Å². The SMILES string of the molecule is Cc1cc(C)c(C[C@H](O)C(F)(F)F)c(C)c1. The fraction of sp³-hybridized carbons (Fsp3) is 0.500. The smallest absolute Gasteiger partial charge is 0.383 e. The summed E-state index contributed by atoms with van der Waals surface area (Å²) in [6.45, 7) is 5.42. The summed E-state index contributed by atoms with van der Waals surface area (Å²) in [5.74, 6) is 0. The first kappa shape index (κ1) is 13.0. The number of aliphatic hydroxyl groups is 1. The van der Waals surface area contributed by atoms with Crippen molar-refractivity contribution in [2.45, 2.75) is 39.5 Å². The molecule has 0 bridgehead atoms. The molecule has 0 saturated carbocycles. The summed E-state index contributed by atoms with van der Waals surface area (Å²) in [4.78, 5) is 0. The molecular weight excluding hydrogens is 217 g/mol. The number of aliphatic hydroxyl groups excluding tert-OH is 1. The van der Waals surface area contributed by atoms with Crippen LogP contribution >= 0.6 is 0 Å². The van der Waals surface area contributed by atoms with Crippen molar-refractivity contribution in [3.05, 3.63) is 34.4 Å². The molecule has 1 aromatic rings. The lowest BCUT2D eigenvalue weighted by Gasteiger charge is -2.17. The largest absolute Gasteiger partial charge is 0.414 e. The van der Waals surface area contributed by atoms with E-state index in [2.05, 4.69) is 0 Å². The third kappa shape index (κ3) is 2.98. The fourth-order valence-electron chi connectivity index (χ4n) is 1.84. The molecule has 1 atom stereocenters. The second-order valence-electron chi connectivity index (χ2n) is 4.14. The molecule has 0 aliphatic carbocycles. The normalized spacial score (nSPS) is 13.9. The molecule has 0 unspecified atom stereocenters. The van der Waals surface area contributed by atoms with Crippen molar-refractivity contribution in [3.8, 4) is 0 Å². The average Bonchev–Trinajstić information content (AvgIpc) is 2.08. The van der Waals surface area contributed by atoms with Gasteiger partial charge in [0.1, 0.15) is 0 Å². The van der Waals surface area contributed by atoms with Crippen molar-refractivity contribution in [3.63, 3.8) is 0 Å². The van der Waals surface area contributed by atoms with E-state index < -0.39 is 12.3 Å². The first-order valence-electron chi connectivity index (χ1n) is 5.03. The predicted molar refractivity (Wildman–Crippen MR) is 56.4 cm³/mol. The molecule has 0 aliphatic heterocycles. The second kappa shape index (κ2) is 4.45. The van der Waals surface area contributed by atoms with Crippen molar-refractivity contribution in [1.82, 2.24) is 0 Å². The maximum absolute atomic E-state index is 12.2. The highest BCUT2D eigenvalue weighted by Crippen LogP contribution is 2.26. The van der Waals surface area contributed by atoms with Gasteiger partial charge in [0.15, 0.2) is 6.10 Å². The van der Waals surface area contributed by atoms with Crippen molar-refractivity contribution in [2.24, 2.45) is 0 Å². The molecule has 0 amide bonds. The highest BCUT2D eigenvalue weighted by molar-refractivity contribution is 5.37. The van der Waals surface area contributed by atoms with Gasteiger partial charge in [-0.3, -0.25) is 0 Å². The predicted octanol–water partition coefficient (Wildman–Crippen LogP) is 3.08. The standard InChI is InChI=1S/C12H15F3O/c1-7-4-8(2)10(9(3)5-7)6-11(16)12(13,14)15/h4-5,11,16H,6H2,1-3H3/t11-/m0/s1.